The van der Waals surface area contributed by atoms with Crippen molar-refractivity contribution in [3.63, 3.8) is 0 Å². The van der Waals surface area contributed by atoms with Crippen LogP contribution in [0.15, 0.2) is 54.6 Å². The molecule has 0 spiro atoms. The molecule has 0 saturated heterocycles. The highest BCUT2D eigenvalue weighted by molar-refractivity contribution is 6.11. The molecule has 0 aliphatic heterocycles. The molecule has 0 aliphatic carbocycles. The number of aliphatic hydroxyl groups excluding tert-OH is 2. The van der Waals surface area contributed by atoms with E-state index in [1.807, 2.05) is 6.07 Å². The molecule has 6 nitrogen and oxygen atoms in total. The van der Waals surface area contributed by atoms with Crippen LogP contribution in [0.4, 0.5) is 0 Å². The van der Waals surface area contributed by atoms with E-state index in [1.165, 1.54) is 4.57 Å². The highest BCUT2D eigenvalue weighted by Crippen LogP contribution is 2.21. The smallest absolute Gasteiger partial charge is 0.195 e. The lowest BCUT2D eigenvalue weighted by Gasteiger charge is -2.13. The first-order valence-electron chi connectivity index (χ1n) is 7.10. The Morgan fingerprint density at radius 2 is 1.43 bits per heavy atom. The second-order valence-electron chi connectivity index (χ2n) is 4.90. The number of ketones is 1. The number of carbonyl (C=O) groups is 1. The van der Waals surface area contributed by atoms with Gasteiger partial charge >= 0.3 is 0 Å². The lowest BCUT2D eigenvalue weighted by atomic mass is 10.0. The predicted molar refractivity (Wildman–Crippen MR) is 83.1 cm³/mol. The maximum atomic E-state index is 12.8. The van der Waals surface area contributed by atoms with E-state index in [9.17, 15) is 15.0 Å². The van der Waals surface area contributed by atoms with Crippen LogP contribution < -0.4 is 0 Å². The second-order valence-corrected chi connectivity index (χ2v) is 4.90. The number of hydrogen-bond acceptors (Lipinski definition) is 5. The molecule has 23 heavy (non-hydrogen) atoms. The van der Waals surface area contributed by atoms with Crippen molar-refractivity contribution >= 4 is 5.78 Å². The number of aliphatic hydroxyl groups is 2. The molecule has 3 aromatic rings. The number of aromatic nitrogens is 3. The van der Waals surface area contributed by atoms with Crippen molar-refractivity contribution in [1.29, 1.82) is 0 Å². The fraction of sp³-hybridized carbons (Fsp3) is 0.118. The van der Waals surface area contributed by atoms with Gasteiger partial charge in [0.25, 0.3) is 0 Å². The SMILES string of the molecule is O=C(c1ccccc1)c1ccccc1-n1c(CO)nnc1CO. The van der Waals surface area contributed by atoms with E-state index in [0.717, 1.165) is 0 Å². The number of hydrogen-bond donors (Lipinski definition) is 2. The normalized spacial score (nSPS) is 10.7. The average molecular weight is 309 g/mol. The topological polar surface area (TPSA) is 88.2 Å². The van der Waals surface area contributed by atoms with E-state index in [-0.39, 0.29) is 30.6 Å². The zero-order valence-electron chi connectivity index (χ0n) is 12.3. The predicted octanol–water partition coefficient (Wildman–Crippen LogP) is 1.48. The summed E-state index contributed by atoms with van der Waals surface area (Å²) in [5.74, 6) is 0.382. The Balaban J connectivity index is 2.16. The van der Waals surface area contributed by atoms with Crippen LogP contribution in [0.3, 0.4) is 0 Å². The van der Waals surface area contributed by atoms with E-state index in [0.29, 0.717) is 16.8 Å². The van der Waals surface area contributed by atoms with Gasteiger partial charge in [-0.05, 0) is 12.1 Å². The number of rotatable bonds is 5. The number of nitrogens with zero attached hydrogens (tertiary/aromatic N) is 3. The minimum atomic E-state index is -0.346. The molecule has 0 unspecified atom stereocenters. The lowest BCUT2D eigenvalue weighted by molar-refractivity contribution is 0.103. The fourth-order valence-electron chi connectivity index (χ4n) is 2.44. The second kappa shape index (κ2) is 6.51. The summed E-state index contributed by atoms with van der Waals surface area (Å²) in [4.78, 5) is 12.8. The Bertz CT molecular complexity index is 807. The molecule has 0 fully saturated rings. The van der Waals surface area contributed by atoms with Gasteiger partial charge in [-0.15, -0.1) is 10.2 Å². The third kappa shape index (κ3) is 2.77. The quantitative estimate of drug-likeness (QED) is 0.697. The molecule has 0 saturated carbocycles. The Morgan fingerprint density at radius 3 is 2.04 bits per heavy atom. The van der Waals surface area contributed by atoms with Crippen LogP contribution in [0.1, 0.15) is 27.6 Å². The van der Waals surface area contributed by atoms with Gasteiger partial charge in [0.2, 0.25) is 0 Å². The van der Waals surface area contributed by atoms with E-state index in [1.54, 1.807) is 48.5 Å². The molecule has 0 amide bonds. The van der Waals surface area contributed by atoms with Crippen LogP contribution >= 0.6 is 0 Å². The maximum absolute atomic E-state index is 12.8. The van der Waals surface area contributed by atoms with Crippen LogP contribution in [-0.2, 0) is 13.2 Å². The van der Waals surface area contributed by atoms with Gasteiger partial charge in [-0.1, -0.05) is 42.5 Å². The van der Waals surface area contributed by atoms with Gasteiger partial charge in [-0.3, -0.25) is 9.36 Å². The standard InChI is InChI=1S/C17H15N3O3/c21-10-15-18-19-16(11-22)20(15)14-9-5-4-8-13(14)17(23)12-6-2-1-3-7-12/h1-9,21-22H,10-11H2. The Hall–Kier alpha value is -2.83. The number of benzene rings is 2. The van der Waals surface area contributed by atoms with Gasteiger partial charge in [-0.2, -0.15) is 0 Å². The van der Waals surface area contributed by atoms with Gasteiger partial charge in [0.15, 0.2) is 17.4 Å². The first kappa shape index (κ1) is 15.1. The molecule has 2 N–H and O–H groups in total. The van der Waals surface area contributed by atoms with Gasteiger partial charge < -0.3 is 10.2 Å². The number of carbonyl (C=O) groups excluding carboxylic acids is 1. The third-order valence-corrected chi connectivity index (χ3v) is 3.51. The lowest BCUT2D eigenvalue weighted by Crippen LogP contribution is -2.12. The summed E-state index contributed by atoms with van der Waals surface area (Å²) in [7, 11) is 0. The van der Waals surface area contributed by atoms with E-state index in [4.69, 9.17) is 0 Å². The molecule has 0 aliphatic rings. The molecular weight excluding hydrogens is 294 g/mol. The van der Waals surface area contributed by atoms with Crippen molar-refractivity contribution in [2.24, 2.45) is 0 Å². The summed E-state index contributed by atoms with van der Waals surface area (Å²) in [6, 6.07) is 15.9. The highest BCUT2D eigenvalue weighted by atomic mass is 16.3. The molecule has 0 radical (unpaired) electrons. The van der Waals surface area contributed by atoms with Gasteiger partial charge in [0, 0.05) is 11.1 Å². The van der Waals surface area contributed by atoms with Gasteiger partial charge in [0.1, 0.15) is 13.2 Å². The monoisotopic (exact) mass is 309 g/mol. The van der Waals surface area contributed by atoms with Gasteiger partial charge in [-0.25, -0.2) is 0 Å². The Labute approximate surface area is 132 Å². The van der Waals surface area contributed by atoms with E-state index in [2.05, 4.69) is 10.2 Å². The van der Waals surface area contributed by atoms with Crippen molar-refractivity contribution in [3.05, 3.63) is 77.4 Å². The molecule has 3 rings (SSSR count). The van der Waals surface area contributed by atoms with Crippen molar-refractivity contribution in [2.75, 3.05) is 0 Å². The maximum Gasteiger partial charge on any atom is 0.195 e. The van der Waals surface area contributed by atoms with Crippen LogP contribution in [0.2, 0.25) is 0 Å². The van der Waals surface area contributed by atoms with Gasteiger partial charge in [0.05, 0.1) is 5.69 Å². The van der Waals surface area contributed by atoms with E-state index >= 15 is 0 Å². The molecule has 1 aromatic heterocycles. The molecule has 6 heteroatoms. The molecule has 116 valence electrons. The summed E-state index contributed by atoms with van der Waals surface area (Å²) in [5.41, 5.74) is 1.53. The largest absolute Gasteiger partial charge is 0.388 e. The Kier molecular flexibility index (Phi) is 4.27. The highest BCUT2D eigenvalue weighted by Gasteiger charge is 2.19. The van der Waals surface area contributed by atoms with Crippen LogP contribution in [-0.4, -0.2) is 30.8 Å². The molecule has 1 heterocycles. The first-order valence-corrected chi connectivity index (χ1v) is 7.10. The summed E-state index contributed by atoms with van der Waals surface area (Å²) >= 11 is 0. The molecule has 2 aromatic carbocycles. The van der Waals surface area contributed by atoms with Crippen LogP contribution in [0.25, 0.3) is 5.69 Å². The summed E-state index contributed by atoms with van der Waals surface area (Å²) < 4.78 is 1.51. The number of para-hydroxylation sites is 1. The average Bonchev–Trinajstić information content (AvgIpc) is 3.04. The summed E-state index contributed by atoms with van der Waals surface area (Å²) in [6.07, 6.45) is 0. The molecular formula is C17H15N3O3. The minimum absolute atomic E-state index is 0.150. The zero-order chi connectivity index (χ0) is 16.2. The van der Waals surface area contributed by atoms with Crippen molar-refractivity contribution in [3.8, 4) is 5.69 Å². The van der Waals surface area contributed by atoms with E-state index < -0.39 is 0 Å². The van der Waals surface area contributed by atoms with Crippen molar-refractivity contribution in [2.45, 2.75) is 13.2 Å². The first-order chi connectivity index (χ1) is 11.3. The van der Waals surface area contributed by atoms with Crippen LogP contribution in [0.5, 0.6) is 0 Å². The third-order valence-electron chi connectivity index (χ3n) is 3.51. The van der Waals surface area contributed by atoms with Crippen molar-refractivity contribution < 1.29 is 15.0 Å². The molecule has 0 atom stereocenters. The summed E-state index contributed by atoms with van der Waals surface area (Å²) in [6.45, 7) is -0.693. The van der Waals surface area contributed by atoms with Crippen LogP contribution in [0, 0.1) is 0 Å². The Morgan fingerprint density at radius 1 is 0.870 bits per heavy atom. The molecule has 0 bridgehead atoms. The summed E-state index contributed by atoms with van der Waals surface area (Å²) in [5, 5.41) is 26.6. The zero-order valence-corrected chi connectivity index (χ0v) is 12.3. The van der Waals surface area contributed by atoms with Crippen molar-refractivity contribution in [1.82, 2.24) is 14.8 Å². The minimum Gasteiger partial charge on any atom is -0.388 e. The fourth-order valence-corrected chi connectivity index (χ4v) is 2.44.